The van der Waals surface area contributed by atoms with Gasteiger partial charge in [0, 0.05) is 23.5 Å². The highest BCUT2D eigenvalue weighted by molar-refractivity contribution is 7.48. The molecule has 5 nitrogen and oxygen atoms in total. The molecule has 1 unspecified atom stereocenters. The summed E-state index contributed by atoms with van der Waals surface area (Å²) in [5, 5.41) is 0.507. The van der Waals surface area contributed by atoms with Crippen molar-refractivity contribution >= 4 is 19.4 Å². The van der Waals surface area contributed by atoms with Gasteiger partial charge in [-0.25, -0.2) is 4.57 Å². The maximum Gasteiger partial charge on any atom is 0.584 e. The Balaban J connectivity index is 1.46. The number of fused-ring (bicyclic) bond motifs is 1. The van der Waals surface area contributed by atoms with Gasteiger partial charge in [0.25, 0.3) is 0 Å². The Bertz CT molecular complexity index is 1070. The Labute approximate surface area is 174 Å². The third kappa shape index (κ3) is 5.01. The number of phosphoric acid groups is 1. The predicted octanol–water partition coefficient (Wildman–Crippen LogP) is 6.00. The van der Waals surface area contributed by atoms with Crippen LogP contribution in [0.25, 0.3) is 0 Å². The molecule has 7 heteroatoms. The number of halogens is 1. The molecule has 29 heavy (non-hydrogen) atoms. The molecule has 2 aromatic carbocycles. The Kier molecular flexibility index (Phi) is 5.63. The van der Waals surface area contributed by atoms with Gasteiger partial charge >= 0.3 is 7.82 Å². The average molecular weight is 428 g/mol. The molecule has 1 N–H and O–H groups in total. The summed E-state index contributed by atoms with van der Waals surface area (Å²) in [6, 6.07) is 13.2. The van der Waals surface area contributed by atoms with Gasteiger partial charge in [-0.3, -0.25) is 4.89 Å². The zero-order valence-electron chi connectivity index (χ0n) is 15.4. The van der Waals surface area contributed by atoms with E-state index in [2.05, 4.69) is 29.2 Å². The minimum absolute atomic E-state index is 0.200. The summed E-state index contributed by atoms with van der Waals surface area (Å²) in [4.78, 5) is 12.2. The summed E-state index contributed by atoms with van der Waals surface area (Å²) in [6.45, 7) is 0.610. The molecule has 2 aliphatic rings. The average Bonchev–Trinajstić information content (AvgIpc) is 2.70. The fourth-order valence-electron chi connectivity index (χ4n) is 3.16. The number of phosphoric ester groups is 1. The normalized spacial score (nSPS) is 17.1. The highest BCUT2D eigenvalue weighted by Gasteiger charge is 2.25. The van der Waals surface area contributed by atoms with Crippen molar-refractivity contribution in [2.45, 2.75) is 13.0 Å². The topological polar surface area (TPSA) is 59.0 Å². The summed E-state index contributed by atoms with van der Waals surface area (Å²) in [7, 11) is -4.34. The van der Waals surface area contributed by atoms with Crippen LogP contribution in [0.2, 0.25) is 5.02 Å². The summed E-state index contributed by atoms with van der Waals surface area (Å²) >= 11 is 5.81. The number of nitrogens with zero attached hydrogens (tertiary/aromatic N) is 1. The smallest absolute Gasteiger partial charge is 0.395 e. The van der Waals surface area contributed by atoms with Crippen molar-refractivity contribution in [1.82, 2.24) is 4.90 Å². The van der Waals surface area contributed by atoms with Gasteiger partial charge in [0.1, 0.15) is 11.5 Å². The van der Waals surface area contributed by atoms with Crippen LogP contribution in [0.1, 0.15) is 12.0 Å². The fraction of sp³-hybridized carbons (Fsp3) is 0.0909. The van der Waals surface area contributed by atoms with Gasteiger partial charge in [-0.2, -0.15) is 0 Å². The molecule has 1 aliphatic carbocycles. The minimum atomic E-state index is -4.34. The molecule has 0 fully saturated rings. The van der Waals surface area contributed by atoms with E-state index in [9.17, 15) is 9.46 Å². The maximum atomic E-state index is 12.4. The van der Waals surface area contributed by atoms with Gasteiger partial charge in [0.2, 0.25) is 0 Å². The van der Waals surface area contributed by atoms with Crippen LogP contribution >= 0.6 is 19.4 Å². The van der Waals surface area contributed by atoms with Crippen LogP contribution < -0.4 is 9.05 Å². The van der Waals surface area contributed by atoms with Crippen LogP contribution in [-0.4, -0.2) is 9.79 Å². The van der Waals surface area contributed by atoms with E-state index in [1.807, 2.05) is 18.3 Å². The standard InChI is InChI=1S/C22H19ClNO4P/c23-19-10-12-20(13-11-19)27-29(25,26)28-21-8-3-5-17(15-21)16-24-14-4-7-18-6-1-2-9-22(18)24/h1-5,7-15H,6,16H2,(H,25,26). The van der Waals surface area contributed by atoms with Gasteiger partial charge in [-0.05, 0) is 66.1 Å². The van der Waals surface area contributed by atoms with Crippen molar-refractivity contribution in [2.24, 2.45) is 0 Å². The van der Waals surface area contributed by atoms with Crippen LogP contribution in [0, 0.1) is 0 Å². The predicted molar refractivity (Wildman–Crippen MR) is 114 cm³/mol. The van der Waals surface area contributed by atoms with E-state index in [1.165, 1.54) is 17.7 Å². The van der Waals surface area contributed by atoms with Gasteiger partial charge in [-0.1, -0.05) is 42.0 Å². The molecule has 4 rings (SSSR count). The quantitative estimate of drug-likeness (QED) is 0.573. The molecular formula is C22H19ClNO4P. The molecule has 0 saturated carbocycles. The molecular weight excluding hydrogens is 409 g/mol. The van der Waals surface area contributed by atoms with Crippen molar-refractivity contribution in [3.05, 3.63) is 107 Å². The Hall–Kier alpha value is -2.72. The molecule has 2 aromatic rings. The second kappa shape index (κ2) is 8.34. The molecule has 0 radical (unpaired) electrons. The van der Waals surface area contributed by atoms with Crippen LogP contribution in [0.4, 0.5) is 0 Å². The van der Waals surface area contributed by atoms with E-state index in [0.29, 0.717) is 11.6 Å². The largest absolute Gasteiger partial charge is 0.584 e. The van der Waals surface area contributed by atoms with Crippen LogP contribution in [0.5, 0.6) is 11.5 Å². The number of hydrogen-bond donors (Lipinski definition) is 1. The van der Waals surface area contributed by atoms with E-state index >= 15 is 0 Å². The highest BCUT2D eigenvalue weighted by atomic mass is 35.5. The molecule has 0 bridgehead atoms. The van der Waals surface area contributed by atoms with Gasteiger partial charge in [0.15, 0.2) is 0 Å². The SMILES string of the molecule is O=P(O)(Oc1ccc(Cl)cc1)Oc1cccc(CN2C=CC=C3CC=CC=C32)c1. The van der Waals surface area contributed by atoms with E-state index in [4.69, 9.17) is 20.6 Å². The summed E-state index contributed by atoms with van der Waals surface area (Å²) in [5.41, 5.74) is 3.36. The van der Waals surface area contributed by atoms with Crippen LogP contribution in [0.15, 0.2) is 96.4 Å². The molecule has 0 spiro atoms. The van der Waals surface area contributed by atoms with Crippen molar-refractivity contribution < 1.29 is 18.5 Å². The molecule has 148 valence electrons. The van der Waals surface area contributed by atoms with E-state index < -0.39 is 7.82 Å². The zero-order chi connectivity index (χ0) is 20.3. The van der Waals surface area contributed by atoms with Gasteiger partial charge < -0.3 is 13.9 Å². The Morgan fingerprint density at radius 1 is 1.03 bits per heavy atom. The molecule has 0 aromatic heterocycles. The second-order valence-electron chi connectivity index (χ2n) is 6.60. The Morgan fingerprint density at radius 2 is 1.83 bits per heavy atom. The zero-order valence-corrected chi connectivity index (χ0v) is 17.1. The summed E-state index contributed by atoms with van der Waals surface area (Å²) in [6.07, 6.45) is 13.3. The van der Waals surface area contributed by atoms with Crippen molar-refractivity contribution in [3.63, 3.8) is 0 Å². The van der Waals surface area contributed by atoms with Gasteiger partial charge in [0.05, 0.1) is 0 Å². The highest BCUT2D eigenvalue weighted by Crippen LogP contribution is 2.44. The minimum Gasteiger partial charge on any atom is -0.395 e. The van der Waals surface area contributed by atoms with Gasteiger partial charge in [-0.15, -0.1) is 0 Å². The summed E-state index contributed by atoms with van der Waals surface area (Å²) < 4.78 is 22.7. The molecule has 0 amide bonds. The van der Waals surface area contributed by atoms with E-state index in [1.54, 1.807) is 30.3 Å². The number of rotatable bonds is 6. The number of allylic oxidation sites excluding steroid dienone is 6. The second-order valence-corrected chi connectivity index (χ2v) is 8.34. The number of benzene rings is 2. The molecule has 1 heterocycles. The monoisotopic (exact) mass is 427 g/mol. The molecule has 1 aliphatic heterocycles. The van der Waals surface area contributed by atoms with Crippen molar-refractivity contribution in [2.75, 3.05) is 0 Å². The number of hydrogen-bond acceptors (Lipinski definition) is 4. The third-order valence-corrected chi connectivity index (χ3v) is 5.57. The van der Waals surface area contributed by atoms with Crippen molar-refractivity contribution in [1.29, 1.82) is 0 Å². The van der Waals surface area contributed by atoms with Crippen molar-refractivity contribution in [3.8, 4) is 11.5 Å². The lowest BCUT2D eigenvalue weighted by atomic mass is 10.00. The first-order valence-corrected chi connectivity index (χ1v) is 10.9. The molecule has 0 saturated heterocycles. The first-order chi connectivity index (χ1) is 14.0. The summed E-state index contributed by atoms with van der Waals surface area (Å²) in [5.74, 6) is 0.461. The van der Waals surface area contributed by atoms with Crippen LogP contribution in [0.3, 0.4) is 0 Å². The maximum absolute atomic E-state index is 12.4. The lowest BCUT2D eigenvalue weighted by Gasteiger charge is -2.29. The first-order valence-electron chi connectivity index (χ1n) is 9.06. The van der Waals surface area contributed by atoms with E-state index in [0.717, 1.165) is 17.7 Å². The van der Waals surface area contributed by atoms with Crippen LogP contribution in [-0.2, 0) is 11.1 Å². The lowest BCUT2D eigenvalue weighted by molar-refractivity contribution is 0.291. The lowest BCUT2D eigenvalue weighted by Crippen LogP contribution is -2.20. The third-order valence-electron chi connectivity index (χ3n) is 4.44. The Morgan fingerprint density at radius 3 is 2.66 bits per heavy atom. The molecule has 1 atom stereocenters. The van der Waals surface area contributed by atoms with E-state index in [-0.39, 0.29) is 11.5 Å². The fourth-order valence-corrected chi connectivity index (χ4v) is 4.09. The first kappa shape index (κ1) is 19.6.